The van der Waals surface area contributed by atoms with E-state index in [-0.39, 0.29) is 0 Å². The standard InChI is InChI=1S/C10H13BrN2O2/c11-7-1-2-8(12-3-7)4-13-5-9(14)10(15)6-13/h1-3,9-10,14-15H,4-6H2/t9-,10+. The highest BCUT2D eigenvalue weighted by molar-refractivity contribution is 9.10. The molecule has 0 spiro atoms. The zero-order valence-electron chi connectivity index (χ0n) is 8.17. The topological polar surface area (TPSA) is 56.6 Å². The molecule has 1 aromatic heterocycles. The maximum atomic E-state index is 9.37. The molecule has 2 heterocycles. The number of aliphatic hydroxyl groups excluding tert-OH is 2. The molecular weight excluding hydrogens is 260 g/mol. The first-order valence-electron chi connectivity index (χ1n) is 4.84. The van der Waals surface area contributed by atoms with Crippen molar-refractivity contribution >= 4 is 15.9 Å². The van der Waals surface area contributed by atoms with Gasteiger partial charge in [-0.25, -0.2) is 0 Å². The van der Waals surface area contributed by atoms with E-state index in [1.165, 1.54) is 0 Å². The van der Waals surface area contributed by atoms with Crippen molar-refractivity contribution in [3.63, 3.8) is 0 Å². The number of aromatic nitrogens is 1. The van der Waals surface area contributed by atoms with E-state index in [0.717, 1.165) is 10.2 Å². The van der Waals surface area contributed by atoms with Crippen LogP contribution in [0.5, 0.6) is 0 Å². The van der Waals surface area contributed by atoms with Crippen molar-refractivity contribution in [2.45, 2.75) is 18.8 Å². The molecule has 0 bridgehead atoms. The van der Waals surface area contributed by atoms with Gasteiger partial charge in [-0.2, -0.15) is 0 Å². The van der Waals surface area contributed by atoms with Crippen LogP contribution in [0.25, 0.3) is 0 Å². The van der Waals surface area contributed by atoms with E-state index in [9.17, 15) is 10.2 Å². The van der Waals surface area contributed by atoms with Gasteiger partial charge in [-0.15, -0.1) is 0 Å². The van der Waals surface area contributed by atoms with Crippen LogP contribution in [-0.4, -0.2) is 45.4 Å². The Hall–Kier alpha value is -0.490. The van der Waals surface area contributed by atoms with Gasteiger partial charge in [0, 0.05) is 30.3 Å². The maximum Gasteiger partial charge on any atom is 0.0938 e. The minimum Gasteiger partial charge on any atom is -0.389 e. The molecule has 0 aliphatic carbocycles. The fraction of sp³-hybridized carbons (Fsp3) is 0.500. The molecule has 0 radical (unpaired) electrons. The number of hydrogen-bond acceptors (Lipinski definition) is 4. The molecule has 2 atom stereocenters. The monoisotopic (exact) mass is 272 g/mol. The number of nitrogens with zero attached hydrogens (tertiary/aromatic N) is 2. The number of β-amino-alcohol motifs (C(OH)–C–C–N with tert-alkyl or cyclic N) is 2. The number of pyridine rings is 1. The van der Waals surface area contributed by atoms with Crippen LogP contribution in [0.15, 0.2) is 22.8 Å². The second-order valence-corrected chi connectivity index (χ2v) is 4.71. The summed E-state index contributed by atoms with van der Waals surface area (Å²) in [5.41, 5.74) is 0.944. The number of likely N-dealkylation sites (tertiary alicyclic amines) is 1. The summed E-state index contributed by atoms with van der Waals surface area (Å²) in [6.07, 6.45) is 0.499. The number of aliphatic hydroxyl groups is 2. The lowest BCUT2D eigenvalue weighted by atomic mass is 10.3. The van der Waals surface area contributed by atoms with Gasteiger partial charge >= 0.3 is 0 Å². The highest BCUT2D eigenvalue weighted by atomic mass is 79.9. The van der Waals surface area contributed by atoms with Crippen LogP contribution in [0.2, 0.25) is 0 Å². The Balaban J connectivity index is 1.95. The van der Waals surface area contributed by atoms with Gasteiger partial charge in [0.25, 0.3) is 0 Å². The fourth-order valence-electron chi connectivity index (χ4n) is 1.71. The van der Waals surface area contributed by atoms with Crippen LogP contribution in [0, 0.1) is 0 Å². The summed E-state index contributed by atoms with van der Waals surface area (Å²) >= 11 is 3.32. The molecule has 1 aliphatic rings. The zero-order valence-corrected chi connectivity index (χ0v) is 9.76. The predicted molar refractivity (Wildman–Crippen MR) is 59.2 cm³/mol. The van der Waals surface area contributed by atoms with Crippen molar-refractivity contribution in [2.75, 3.05) is 13.1 Å². The minimum absolute atomic E-state index is 0.513. The van der Waals surface area contributed by atoms with Gasteiger partial charge in [-0.3, -0.25) is 9.88 Å². The van der Waals surface area contributed by atoms with Gasteiger partial charge in [0.05, 0.1) is 17.9 Å². The van der Waals surface area contributed by atoms with Crippen LogP contribution in [-0.2, 0) is 6.54 Å². The van der Waals surface area contributed by atoms with Crippen LogP contribution in [0.1, 0.15) is 5.69 Å². The maximum absolute atomic E-state index is 9.37. The van der Waals surface area contributed by atoms with Crippen molar-refractivity contribution in [1.82, 2.24) is 9.88 Å². The summed E-state index contributed by atoms with van der Waals surface area (Å²) in [7, 11) is 0. The Labute approximate surface area is 96.7 Å². The molecule has 0 saturated carbocycles. The summed E-state index contributed by atoms with van der Waals surface area (Å²) in [4.78, 5) is 6.23. The molecule has 0 aromatic carbocycles. The lowest BCUT2D eigenvalue weighted by molar-refractivity contribution is 0.0572. The molecular formula is C10H13BrN2O2. The lowest BCUT2D eigenvalue weighted by Gasteiger charge is -2.13. The van der Waals surface area contributed by atoms with Crippen LogP contribution in [0.4, 0.5) is 0 Å². The second kappa shape index (κ2) is 4.57. The number of rotatable bonds is 2. The molecule has 2 N–H and O–H groups in total. The molecule has 4 nitrogen and oxygen atoms in total. The van der Waals surface area contributed by atoms with E-state index in [2.05, 4.69) is 20.9 Å². The van der Waals surface area contributed by atoms with Crippen molar-refractivity contribution in [3.8, 4) is 0 Å². The Bertz CT molecular complexity index is 321. The van der Waals surface area contributed by atoms with Crippen molar-refractivity contribution < 1.29 is 10.2 Å². The van der Waals surface area contributed by atoms with Gasteiger partial charge < -0.3 is 10.2 Å². The second-order valence-electron chi connectivity index (χ2n) is 3.80. The highest BCUT2D eigenvalue weighted by Gasteiger charge is 2.29. The number of halogens is 1. The molecule has 1 saturated heterocycles. The van der Waals surface area contributed by atoms with E-state index in [0.29, 0.717) is 19.6 Å². The quantitative estimate of drug-likeness (QED) is 0.818. The minimum atomic E-state index is -0.625. The summed E-state index contributed by atoms with van der Waals surface area (Å²) in [5.74, 6) is 0. The van der Waals surface area contributed by atoms with Crippen LogP contribution in [0.3, 0.4) is 0 Å². The first kappa shape index (κ1) is 11.0. The Morgan fingerprint density at radius 3 is 2.53 bits per heavy atom. The largest absolute Gasteiger partial charge is 0.389 e. The average Bonchev–Trinajstić information content (AvgIpc) is 2.50. The molecule has 1 aliphatic heterocycles. The zero-order chi connectivity index (χ0) is 10.8. The Kier molecular flexibility index (Phi) is 3.35. The summed E-state index contributed by atoms with van der Waals surface area (Å²) in [6, 6.07) is 3.87. The van der Waals surface area contributed by atoms with Gasteiger partial charge in [0.2, 0.25) is 0 Å². The predicted octanol–water partition coefficient (Wildman–Crippen LogP) is 0.382. The molecule has 0 unspecified atom stereocenters. The SMILES string of the molecule is O[C@@H]1CN(Cc2ccc(Br)cn2)C[C@@H]1O. The Morgan fingerprint density at radius 2 is 2.00 bits per heavy atom. The highest BCUT2D eigenvalue weighted by Crippen LogP contribution is 2.14. The fourth-order valence-corrected chi connectivity index (χ4v) is 1.94. The summed E-state index contributed by atoms with van der Waals surface area (Å²) in [5, 5.41) is 18.7. The molecule has 15 heavy (non-hydrogen) atoms. The van der Waals surface area contributed by atoms with E-state index >= 15 is 0 Å². The average molecular weight is 273 g/mol. The summed E-state index contributed by atoms with van der Waals surface area (Å²) < 4.78 is 0.952. The van der Waals surface area contributed by atoms with Gasteiger partial charge in [0.1, 0.15) is 0 Å². The molecule has 5 heteroatoms. The van der Waals surface area contributed by atoms with Crippen LogP contribution < -0.4 is 0 Å². The molecule has 0 amide bonds. The third-order valence-corrected chi connectivity index (χ3v) is 2.98. The van der Waals surface area contributed by atoms with Crippen molar-refractivity contribution in [3.05, 3.63) is 28.5 Å². The van der Waals surface area contributed by atoms with Crippen molar-refractivity contribution in [2.24, 2.45) is 0 Å². The Morgan fingerprint density at radius 1 is 1.33 bits per heavy atom. The van der Waals surface area contributed by atoms with Gasteiger partial charge in [-0.05, 0) is 28.1 Å². The molecule has 1 fully saturated rings. The lowest BCUT2D eigenvalue weighted by Crippen LogP contribution is -2.22. The smallest absolute Gasteiger partial charge is 0.0938 e. The third-order valence-electron chi connectivity index (χ3n) is 2.51. The van der Waals surface area contributed by atoms with Crippen molar-refractivity contribution in [1.29, 1.82) is 0 Å². The molecule has 1 aromatic rings. The first-order chi connectivity index (χ1) is 7.15. The number of hydrogen-bond donors (Lipinski definition) is 2. The first-order valence-corrected chi connectivity index (χ1v) is 5.63. The summed E-state index contributed by atoms with van der Waals surface area (Å²) in [6.45, 7) is 1.69. The van der Waals surface area contributed by atoms with Gasteiger partial charge in [-0.1, -0.05) is 0 Å². The van der Waals surface area contributed by atoms with E-state index < -0.39 is 12.2 Å². The van der Waals surface area contributed by atoms with Gasteiger partial charge in [0.15, 0.2) is 0 Å². The third kappa shape index (κ3) is 2.75. The normalized spacial score (nSPS) is 27.1. The van der Waals surface area contributed by atoms with E-state index in [1.54, 1.807) is 6.20 Å². The molecule has 82 valence electrons. The molecule has 2 rings (SSSR count). The van der Waals surface area contributed by atoms with E-state index in [4.69, 9.17) is 0 Å². The van der Waals surface area contributed by atoms with Crippen LogP contribution >= 0.6 is 15.9 Å². The van der Waals surface area contributed by atoms with E-state index in [1.807, 2.05) is 17.0 Å².